The molecule has 1 fully saturated rings. The van der Waals surface area contributed by atoms with Crippen LogP contribution in [0, 0.1) is 0 Å². The summed E-state index contributed by atoms with van der Waals surface area (Å²) in [6, 6.07) is 9.70. The summed E-state index contributed by atoms with van der Waals surface area (Å²) < 4.78 is 5.05. The number of rotatable bonds is 4. The molecule has 2 amide bonds. The molecule has 0 saturated carbocycles. The van der Waals surface area contributed by atoms with Crippen molar-refractivity contribution < 1.29 is 14.3 Å². The Morgan fingerprint density at radius 3 is 2.75 bits per heavy atom. The maximum atomic E-state index is 11.9. The van der Waals surface area contributed by atoms with Gasteiger partial charge >= 0.3 is 6.09 Å². The van der Waals surface area contributed by atoms with Crippen LogP contribution in [-0.2, 0) is 16.1 Å². The summed E-state index contributed by atoms with van der Waals surface area (Å²) in [5.74, 6) is -0.0494. The van der Waals surface area contributed by atoms with Crippen LogP contribution in [0.4, 0.5) is 4.79 Å². The zero-order valence-electron chi connectivity index (χ0n) is 11.7. The van der Waals surface area contributed by atoms with E-state index in [0.29, 0.717) is 0 Å². The molecule has 1 aromatic rings. The normalized spacial score (nSPS) is 17.9. The third-order valence-electron chi connectivity index (χ3n) is 3.47. The zero-order valence-corrected chi connectivity index (χ0v) is 11.7. The number of hydrogen-bond donors (Lipinski definition) is 1. The molecule has 0 aliphatic carbocycles. The third kappa shape index (κ3) is 3.98. The van der Waals surface area contributed by atoms with Gasteiger partial charge in [0.05, 0.1) is 0 Å². The number of carbonyl (C=O) groups excluding carboxylic acids is 2. The quantitative estimate of drug-likeness (QED) is 0.914. The summed E-state index contributed by atoms with van der Waals surface area (Å²) in [5.41, 5.74) is 0.919. The van der Waals surface area contributed by atoms with Gasteiger partial charge in [-0.1, -0.05) is 30.3 Å². The minimum atomic E-state index is -0.561. The fraction of sp³-hybridized carbons (Fsp3) is 0.467. The van der Waals surface area contributed by atoms with E-state index in [0.717, 1.165) is 24.9 Å². The average molecular weight is 276 g/mol. The largest absolute Gasteiger partial charge is 0.445 e. The van der Waals surface area contributed by atoms with Crippen molar-refractivity contribution in [1.29, 1.82) is 0 Å². The highest BCUT2D eigenvalue weighted by Gasteiger charge is 2.24. The fourth-order valence-corrected chi connectivity index (χ4v) is 2.33. The highest BCUT2D eigenvalue weighted by atomic mass is 16.5. The lowest BCUT2D eigenvalue weighted by Gasteiger charge is -2.21. The van der Waals surface area contributed by atoms with Crippen molar-refractivity contribution in [3.8, 4) is 0 Å². The number of benzene rings is 1. The highest BCUT2D eigenvalue weighted by Crippen LogP contribution is 2.15. The Labute approximate surface area is 118 Å². The second-order valence-electron chi connectivity index (χ2n) is 4.99. The lowest BCUT2D eigenvalue weighted by molar-refractivity contribution is -0.130. The molecule has 20 heavy (non-hydrogen) atoms. The molecule has 0 unspecified atom stereocenters. The van der Waals surface area contributed by atoms with E-state index in [1.54, 1.807) is 4.90 Å². The van der Waals surface area contributed by atoms with Gasteiger partial charge in [-0.25, -0.2) is 4.79 Å². The van der Waals surface area contributed by atoms with Gasteiger partial charge in [0.15, 0.2) is 0 Å². The lowest BCUT2D eigenvalue weighted by atomic mass is 10.2. The summed E-state index contributed by atoms with van der Waals surface area (Å²) in [7, 11) is 0. The second kappa shape index (κ2) is 6.93. The van der Waals surface area contributed by atoms with Gasteiger partial charge in [-0.3, -0.25) is 4.79 Å². The van der Waals surface area contributed by atoms with Crippen LogP contribution in [0.15, 0.2) is 30.3 Å². The summed E-state index contributed by atoms with van der Waals surface area (Å²) in [5, 5.41) is 2.50. The fourth-order valence-electron chi connectivity index (χ4n) is 2.33. The van der Waals surface area contributed by atoms with Crippen molar-refractivity contribution in [2.45, 2.75) is 32.4 Å². The predicted molar refractivity (Wildman–Crippen MR) is 75.0 cm³/mol. The van der Waals surface area contributed by atoms with Crippen LogP contribution in [0.5, 0.6) is 0 Å². The second-order valence-corrected chi connectivity index (χ2v) is 4.99. The highest BCUT2D eigenvalue weighted by molar-refractivity contribution is 5.82. The standard InChI is InChI=1S/C15H20N2O3/c1-12-6-5-9-17(12)14(18)10-16-15(19)20-11-13-7-3-2-4-8-13/h2-4,7-8,12H,5-6,9-11H2,1H3,(H,16,19)/t12-/m0/s1. The van der Waals surface area contributed by atoms with E-state index in [4.69, 9.17) is 4.74 Å². The zero-order chi connectivity index (χ0) is 14.4. The minimum absolute atomic E-state index is 0.00202. The molecule has 1 saturated heterocycles. The van der Waals surface area contributed by atoms with Gasteiger partial charge in [0.2, 0.25) is 5.91 Å². The molecule has 1 aromatic carbocycles. The van der Waals surface area contributed by atoms with Crippen LogP contribution < -0.4 is 5.32 Å². The van der Waals surface area contributed by atoms with Crippen LogP contribution in [0.3, 0.4) is 0 Å². The summed E-state index contributed by atoms with van der Waals surface area (Å²) in [6.07, 6.45) is 1.50. The molecule has 0 bridgehead atoms. The minimum Gasteiger partial charge on any atom is -0.445 e. The van der Waals surface area contributed by atoms with E-state index < -0.39 is 6.09 Å². The molecule has 0 radical (unpaired) electrons. The molecule has 108 valence electrons. The maximum absolute atomic E-state index is 11.9. The van der Waals surface area contributed by atoms with Gasteiger partial charge in [0.1, 0.15) is 13.2 Å². The first kappa shape index (κ1) is 14.4. The van der Waals surface area contributed by atoms with Crippen molar-refractivity contribution in [1.82, 2.24) is 10.2 Å². The number of nitrogens with one attached hydrogen (secondary N) is 1. The molecule has 1 aliphatic rings. The Morgan fingerprint density at radius 2 is 2.10 bits per heavy atom. The van der Waals surface area contributed by atoms with E-state index in [-0.39, 0.29) is 25.1 Å². The molecular formula is C15H20N2O3. The number of hydrogen-bond acceptors (Lipinski definition) is 3. The molecule has 0 aromatic heterocycles. The first-order valence-electron chi connectivity index (χ1n) is 6.91. The predicted octanol–water partition coefficient (Wildman–Crippen LogP) is 1.92. The lowest BCUT2D eigenvalue weighted by Crippen LogP contribution is -2.41. The SMILES string of the molecule is C[C@H]1CCCN1C(=O)CNC(=O)OCc1ccccc1. The van der Waals surface area contributed by atoms with Crippen molar-refractivity contribution in [2.24, 2.45) is 0 Å². The summed E-state index contributed by atoms with van der Waals surface area (Å²) in [4.78, 5) is 25.2. The topological polar surface area (TPSA) is 58.6 Å². The van der Waals surface area contributed by atoms with Crippen LogP contribution in [0.2, 0.25) is 0 Å². The van der Waals surface area contributed by atoms with Gasteiger partial charge in [-0.05, 0) is 25.3 Å². The van der Waals surface area contributed by atoms with Gasteiger partial charge in [0.25, 0.3) is 0 Å². The number of ether oxygens (including phenoxy) is 1. The number of nitrogens with zero attached hydrogens (tertiary/aromatic N) is 1. The number of alkyl carbamates (subject to hydrolysis) is 1. The number of likely N-dealkylation sites (tertiary alicyclic amines) is 1. The number of carbonyl (C=O) groups is 2. The van der Waals surface area contributed by atoms with E-state index in [1.807, 2.05) is 37.3 Å². The summed E-state index contributed by atoms with van der Waals surface area (Å²) in [6.45, 7) is 3.01. The van der Waals surface area contributed by atoms with E-state index in [1.165, 1.54) is 0 Å². The monoisotopic (exact) mass is 276 g/mol. The first-order chi connectivity index (χ1) is 9.66. The smallest absolute Gasteiger partial charge is 0.407 e. The Kier molecular flexibility index (Phi) is 4.98. The average Bonchev–Trinajstić information content (AvgIpc) is 2.90. The van der Waals surface area contributed by atoms with Crippen LogP contribution >= 0.6 is 0 Å². The molecule has 2 rings (SSSR count). The first-order valence-corrected chi connectivity index (χ1v) is 6.91. The van der Waals surface area contributed by atoms with Crippen LogP contribution in [0.25, 0.3) is 0 Å². The van der Waals surface area contributed by atoms with Crippen LogP contribution in [-0.4, -0.2) is 36.0 Å². The Hall–Kier alpha value is -2.04. The molecule has 1 N–H and O–H groups in total. The number of amides is 2. The Balaban J connectivity index is 1.68. The van der Waals surface area contributed by atoms with E-state index in [2.05, 4.69) is 5.32 Å². The van der Waals surface area contributed by atoms with Crippen molar-refractivity contribution in [3.63, 3.8) is 0 Å². The molecule has 1 heterocycles. The Bertz CT molecular complexity index is 461. The van der Waals surface area contributed by atoms with Crippen molar-refractivity contribution >= 4 is 12.0 Å². The molecule has 1 aliphatic heterocycles. The van der Waals surface area contributed by atoms with Gasteiger partial charge in [-0.15, -0.1) is 0 Å². The van der Waals surface area contributed by atoms with Crippen molar-refractivity contribution in [3.05, 3.63) is 35.9 Å². The molecule has 5 nitrogen and oxygen atoms in total. The van der Waals surface area contributed by atoms with E-state index >= 15 is 0 Å². The van der Waals surface area contributed by atoms with Crippen LogP contribution in [0.1, 0.15) is 25.3 Å². The third-order valence-corrected chi connectivity index (χ3v) is 3.47. The van der Waals surface area contributed by atoms with Gasteiger partial charge < -0.3 is 15.0 Å². The Morgan fingerprint density at radius 1 is 1.35 bits per heavy atom. The molecule has 5 heteroatoms. The molecule has 0 spiro atoms. The van der Waals surface area contributed by atoms with E-state index in [9.17, 15) is 9.59 Å². The van der Waals surface area contributed by atoms with Crippen molar-refractivity contribution in [2.75, 3.05) is 13.1 Å². The summed E-state index contributed by atoms with van der Waals surface area (Å²) >= 11 is 0. The van der Waals surface area contributed by atoms with Gasteiger partial charge in [0, 0.05) is 12.6 Å². The maximum Gasteiger partial charge on any atom is 0.407 e. The van der Waals surface area contributed by atoms with Gasteiger partial charge in [-0.2, -0.15) is 0 Å². The molecular weight excluding hydrogens is 256 g/mol. The molecule has 1 atom stereocenters.